The van der Waals surface area contributed by atoms with Gasteiger partial charge in [-0.3, -0.25) is 4.68 Å². The quantitative estimate of drug-likeness (QED) is 0.404. The van der Waals surface area contributed by atoms with Crippen LogP contribution in [-0.4, -0.2) is 37.5 Å². The standard InChI is InChI=1S/C17H15ClF4N6OS/c18-13-2-1-3-14(19)12(13)8-27-5-4-15(26-27)25-16(30)24-11-6-23-28(7-11)10-29-9-17(20,21)22/h1-7H,8-10H2,(H2,24,25,26,30). The first-order chi connectivity index (χ1) is 14.2. The lowest BCUT2D eigenvalue weighted by molar-refractivity contribution is -0.182. The summed E-state index contributed by atoms with van der Waals surface area (Å²) < 4.78 is 57.3. The largest absolute Gasteiger partial charge is 0.411 e. The lowest BCUT2D eigenvalue weighted by Crippen LogP contribution is -2.19. The van der Waals surface area contributed by atoms with Crippen molar-refractivity contribution in [2.45, 2.75) is 19.5 Å². The van der Waals surface area contributed by atoms with E-state index in [1.807, 2.05) is 0 Å². The minimum atomic E-state index is -4.40. The maximum Gasteiger partial charge on any atom is 0.411 e. The molecule has 0 spiro atoms. The number of benzene rings is 1. The van der Waals surface area contributed by atoms with Gasteiger partial charge in [-0.05, 0) is 24.4 Å². The average molecular weight is 463 g/mol. The van der Waals surface area contributed by atoms with Gasteiger partial charge in [0.1, 0.15) is 19.2 Å². The number of hydrogen-bond acceptors (Lipinski definition) is 4. The van der Waals surface area contributed by atoms with Gasteiger partial charge >= 0.3 is 6.18 Å². The van der Waals surface area contributed by atoms with Crippen LogP contribution in [0, 0.1) is 5.82 Å². The SMILES string of the molecule is Fc1cccc(Cl)c1Cn1ccc(NC(=S)Nc2cnn(COCC(F)(F)F)c2)n1. The van der Waals surface area contributed by atoms with E-state index < -0.39 is 18.6 Å². The van der Waals surface area contributed by atoms with Crippen molar-refractivity contribution >= 4 is 40.4 Å². The summed E-state index contributed by atoms with van der Waals surface area (Å²) in [5.41, 5.74) is 0.760. The Balaban J connectivity index is 1.51. The molecule has 0 aliphatic rings. The van der Waals surface area contributed by atoms with Crippen molar-refractivity contribution in [3.63, 3.8) is 0 Å². The molecule has 30 heavy (non-hydrogen) atoms. The molecular weight excluding hydrogens is 448 g/mol. The molecule has 0 fully saturated rings. The minimum Gasteiger partial charge on any atom is -0.350 e. The Morgan fingerprint density at radius 3 is 2.73 bits per heavy atom. The fraction of sp³-hybridized carbons (Fsp3) is 0.235. The Kier molecular flexibility index (Phi) is 6.90. The van der Waals surface area contributed by atoms with Gasteiger partial charge in [0.15, 0.2) is 10.9 Å². The Bertz CT molecular complexity index is 1000. The van der Waals surface area contributed by atoms with E-state index in [-0.39, 0.29) is 18.4 Å². The van der Waals surface area contributed by atoms with Crippen LogP contribution in [0.15, 0.2) is 42.9 Å². The number of anilines is 2. The Hall–Kier alpha value is -2.70. The van der Waals surface area contributed by atoms with Crippen LogP contribution in [-0.2, 0) is 18.0 Å². The predicted molar refractivity (Wildman–Crippen MR) is 107 cm³/mol. The second kappa shape index (κ2) is 9.41. The van der Waals surface area contributed by atoms with Crippen LogP contribution in [0.3, 0.4) is 0 Å². The van der Waals surface area contributed by atoms with Gasteiger partial charge in [0.05, 0.1) is 24.6 Å². The first kappa shape index (κ1) is 22.0. The van der Waals surface area contributed by atoms with Crippen LogP contribution in [0.2, 0.25) is 5.02 Å². The van der Waals surface area contributed by atoms with Gasteiger partial charge in [-0.25, -0.2) is 9.07 Å². The number of halogens is 5. The molecule has 3 aromatic rings. The highest BCUT2D eigenvalue weighted by molar-refractivity contribution is 7.80. The third-order valence-electron chi connectivity index (χ3n) is 3.64. The molecule has 2 heterocycles. The van der Waals surface area contributed by atoms with Crippen molar-refractivity contribution in [1.82, 2.24) is 19.6 Å². The van der Waals surface area contributed by atoms with E-state index in [0.717, 1.165) is 0 Å². The van der Waals surface area contributed by atoms with Crippen molar-refractivity contribution in [2.75, 3.05) is 17.2 Å². The normalized spacial score (nSPS) is 11.5. The molecule has 0 saturated heterocycles. The number of nitrogens with one attached hydrogen (secondary N) is 2. The third-order valence-corrected chi connectivity index (χ3v) is 4.20. The average Bonchev–Trinajstić information content (AvgIpc) is 3.26. The second-order valence-electron chi connectivity index (χ2n) is 6.04. The molecule has 0 radical (unpaired) electrons. The summed E-state index contributed by atoms with van der Waals surface area (Å²) in [5, 5.41) is 14.3. The van der Waals surface area contributed by atoms with Crippen molar-refractivity contribution in [1.29, 1.82) is 0 Å². The predicted octanol–water partition coefficient (Wildman–Crippen LogP) is 4.27. The molecule has 0 saturated carbocycles. The number of ether oxygens (including phenoxy) is 1. The van der Waals surface area contributed by atoms with Gasteiger partial charge in [-0.15, -0.1) is 0 Å². The van der Waals surface area contributed by atoms with Gasteiger partial charge in [0.25, 0.3) is 0 Å². The van der Waals surface area contributed by atoms with Crippen LogP contribution in [0.4, 0.5) is 29.1 Å². The first-order valence-electron chi connectivity index (χ1n) is 8.41. The van der Waals surface area contributed by atoms with E-state index in [1.54, 1.807) is 18.3 Å². The van der Waals surface area contributed by atoms with E-state index in [9.17, 15) is 17.6 Å². The molecule has 7 nitrogen and oxygen atoms in total. The molecule has 0 atom stereocenters. The molecule has 3 rings (SSSR count). The number of aromatic nitrogens is 4. The van der Waals surface area contributed by atoms with Crippen molar-refractivity contribution in [3.8, 4) is 0 Å². The van der Waals surface area contributed by atoms with Gasteiger partial charge in [-0.1, -0.05) is 17.7 Å². The third kappa shape index (κ3) is 6.40. The molecule has 13 heteroatoms. The van der Waals surface area contributed by atoms with Crippen molar-refractivity contribution in [3.05, 3.63) is 59.3 Å². The highest BCUT2D eigenvalue weighted by Crippen LogP contribution is 2.20. The van der Waals surface area contributed by atoms with Crippen molar-refractivity contribution < 1.29 is 22.3 Å². The zero-order chi connectivity index (χ0) is 21.7. The first-order valence-corrected chi connectivity index (χ1v) is 9.19. The van der Waals surface area contributed by atoms with Crippen LogP contribution in [0.25, 0.3) is 0 Å². The van der Waals surface area contributed by atoms with Gasteiger partial charge in [0, 0.05) is 22.8 Å². The molecule has 0 bridgehead atoms. The lowest BCUT2D eigenvalue weighted by Gasteiger charge is -2.08. The van der Waals surface area contributed by atoms with Gasteiger partial charge in [0.2, 0.25) is 0 Å². The lowest BCUT2D eigenvalue weighted by atomic mass is 10.2. The number of alkyl halides is 3. The summed E-state index contributed by atoms with van der Waals surface area (Å²) in [4.78, 5) is 0. The van der Waals surface area contributed by atoms with E-state index in [4.69, 9.17) is 23.8 Å². The summed E-state index contributed by atoms with van der Waals surface area (Å²) in [6, 6.07) is 6.07. The van der Waals surface area contributed by atoms with Gasteiger partial charge < -0.3 is 15.4 Å². The fourth-order valence-electron chi connectivity index (χ4n) is 2.39. The maximum absolute atomic E-state index is 13.9. The fourth-order valence-corrected chi connectivity index (χ4v) is 2.84. The Morgan fingerprint density at radius 2 is 2.00 bits per heavy atom. The zero-order valence-electron chi connectivity index (χ0n) is 15.2. The van der Waals surface area contributed by atoms with Gasteiger partial charge in [-0.2, -0.15) is 23.4 Å². The molecule has 2 N–H and O–H groups in total. The minimum absolute atomic E-state index is 0.137. The molecule has 1 aromatic carbocycles. The summed E-state index contributed by atoms with van der Waals surface area (Å²) in [5.74, 6) is -0.0261. The maximum atomic E-state index is 13.9. The topological polar surface area (TPSA) is 68.9 Å². The van der Waals surface area contributed by atoms with E-state index in [2.05, 4.69) is 25.6 Å². The smallest absolute Gasteiger partial charge is 0.350 e. The Morgan fingerprint density at radius 1 is 1.20 bits per heavy atom. The molecule has 0 unspecified atom stereocenters. The van der Waals surface area contributed by atoms with Crippen LogP contribution in [0.5, 0.6) is 0 Å². The molecular formula is C17H15ClF4N6OS. The van der Waals surface area contributed by atoms with Crippen LogP contribution < -0.4 is 10.6 Å². The van der Waals surface area contributed by atoms with Crippen LogP contribution >= 0.6 is 23.8 Å². The molecule has 0 aliphatic heterocycles. The zero-order valence-corrected chi connectivity index (χ0v) is 16.7. The molecule has 0 amide bonds. The Labute approximate surface area is 178 Å². The second-order valence-corrected chi connectivity index (χ2v) is 6.85. The molecule has 2 aromatic heterocycles. The van der Waals surface area contributed by atoms with E-state index in [0.29, 0.717) is 22.1 Å². The highest BCUT2D eigenvalue weighted by atomic mass is 35.5. The summed E-state index contributed by atoms with van der Waals surface area (Å²) in [7, 11) is 0. The summed E-state index contributed by atoms with van der Waals surface area (Å²) in [6.45, 7) is -1.58. The number of thiocarbonyl (C=S) groups is 1. The van der Waals surface area contributed by atoms with E-state index >= 15 is 0 Å². The van der Waals surface area contributed by atoms with Crippen molar-refractivity contribution in [2.24, 2.45) is 0 Å². The van der Waals surface area contributed by atoms with Crippen LogP contribution in [0.1, 0.15) is 5.56 Å². The monoisotopic (exact) mass is 462 g/mol. The number of nitrogens with zero attached hydrogens (tertiary/aromatic N) is 4. The summed E-state index contributed by atoms with van der Waals surface area (Å²) in [6.07, 6.45) is 0.0390. The molecule has 0 aliphatic carbocycles. The summed E-state index contributed by atoms with van der Waals surface area (Å²) >= 11 is 11.2. The highest BCUT2D eigenvalue weighted by Gasteiger charge is 2.27. The number of hydrogen-bond donors (Lipinski definition) is 2. The number of rotatable bonds is 7. The molecule has 160 valence electrons. The van der Waals surface area contributed by atoms with E-state index in [1.165, 1.54) is 33.9 Å².